The quantitative estimate of drug-likeness (QED) is 0.512. The number of rotatable bonds is 7. The molecule has 10 heteroatoms. The number of nitrogens with one attached hydrogen (secondary N) is 1. The van der Waals surface area contributed by atoms with E-state index in [9.17, 15) is 9.18 Å². The Labute approximate surface area is 179 Å². The number of nitrogens with zero attached hydrogens (tertiary/aromatic N) is 4. The molecule has 0 atom stereocenters. The largest absolute Gasteiger partial charge is 0.467 e. The Morgan fingerprint density at radius 1 is 1.28 bits per heavy atom. The summed E-state index contributed by atoms with van der Waals surface area (Å²) in [5.74, 6) is 0.849. The fourth-order valence-electron chi connectivity index (χ4n) is 3.14. The third kappa shape index (κ3) is 4.81. The van der Waals surface area contributed by atoms with Crippen molar-refractivity contribution in [2.45, 2.75) is 24.5 Å². The number of amides is 1. The topological polar surface area (TPSA) is 76.2 Å². The Morgan fingerprint density at radius 3 is 2.83 bits per heavy atom. The molecule has 1 saturated heterocycles. The van der Waals surface area contributed by atoms with Crippen molar-refractivity contribution in [3.8, 4) is 0 Å². The van der Waals surface area contributed by atoms with Crippen LogP contribution in [0.5, 0.6) is 0 Å². The summed E-state index contributed by atoms with van der Waals surface area (Å²) < 4.78 is 22.0. The molecule has 0 unspecified atom stereocenters. The van der Waals surface area contributed by atoms with Crippen LogP contribution in [0.25, 0.3) is 0 Å². The standard InChI is InChI=1S/C19H19BrFN5O2S/c20-13-5-6-16(15(21)10-13)22-17(27)12-29-19-24-23-18(25-7-1-2-8-25)26(19)11-14-4-3-9-28-14/h3-6,9-10H,1-2,7-8,11-12H2,(H,22,27). The van der Waals surface area contributed by atoms with Crippen LogP contribution >= 0.6 is 27.7 Å². The first kappa shape index (κ1) is 20.0. The highest BCUT2D eigenvalue weighted by Gasteiger charge is 2.22. The van der Waals surface area contributed by atoms with Crippen LogP contribution in [-0.4, -0.2) is 39.5 Å². The van der Waals surface area contributed by atoms with Crippen LogP contribution in [0.15, 0.2) is 50.6 Å². The lowest BCUT2D eigenvalue weighted by Gasteiger charge is -2.17. The molecule has 1 amide bonds. The highest BCUT2D eigenvalue weighted by molar-refractivity contribution is 9.10. The zero-order chi connectivity index (χ0) is 20.2. The van der Waals surface area contributed by atoms with E-state index in [1.807, 2.05) is 16.7 Å². The Hall–Kier alpha value is -2.33. The van der Waals surface area contributed by atoms with Gasteiger partial charge in [0.05, 0.1) is 24.2 Å². The molecular formula is C19H19BrFN5O2S. The second kappa shape index (κ2) is 9.00. The molecule has 1 aliphatic heterocycles. The first-order valence-corrected chi connectivity index (χ1v) is 11.0. The van der Waals surface area contributed by atoms with Crippen molar-refractivity contribution in [2.75, 3.05) is 29.1 Å². The summed E-state index contributed by atoms with van der Waals surface area (Å²) in [4.78, 5) is 14.5. The highest BCUT2D eigenvalue weighted by Crippen LogP contribution is 2.26. The molecule has 1 aromatic carbocycles. The van der Waals surface area contributed by atoms with Gasteiger partial charge in [-0.25, -0.2) is 4.39 Å². The SMILES string of the molecule is O=C(CSc1nnc(N2CCCC2)n1Cc1ccco1)Nc1ccc(Br)cc1F. The molecule has 1 aliphatic rings. The normalized spacial score (nSPS) is 13.8. The van der Waals surface area contributed by atoms with E-state index in [1.165, 1.54) is 23.9 Å². The van der Waals surface area contributed by atoms with E-state index in [0.29, 0.717) is 16.2 Å². The number of furan rings is 1. The van der Waals surface area contributed by atoms with E-state index in [0.717, 1.165) is 37.6 Å². The van der Waals surface area contributed by atoms with E-state index in [2.05, 4.69) is 36.3 Å². The minimum absolute atomic E-state index is 0.0891. The first-order valence-electron chi connectivity index (χ1n) is 9.18. The van der Waals surface area contributed by atoms with Crippen molar-refractivity contribution in [3.63, 3.8) is 0 Å². The zero-order valence-electron chi connectivity index (χ0n) is 15.5. The highest BCUT2D eigenvalue weighted by atomic mass is 79.9. The lowest BCUT2D eigenvalue weighted by Crippen LogP contribution is -2.23. The number of thioether (sulfide) groups is 1. The second-order valence-corrected chi connectivity index (χ2v) is 8.46. The number of anilines is 2. The van der Waals surface area contributed by atoms with E-state index in [1.54, 1.807) is 12.3 Å². The summed E-state index contributed by atoms with van der Waals surface area (Å²) in [7, 11) is 0. The van der Waals surface area contributed by atoms with Gasteiger partial charge in [-0.05, 0) is 43.2 Å². The molecule has 0 radical (unpaired) electrons. The monoisotopic (exact) mass is 479 g/mol. The predicted molar refractivity (Wildman–Crippen MR) is 113 cm³/mol. The van der Waals surface area contributed by atoms with Crippen LogP contribution in [0.4, 0.5) is 16.0 Å². The molecule has 0 saturated carbocycles. The van der Waals surface area contributed by atoms with Gasteiger partial charge in [0.1, 0.15) is 11.6 Å². The molecule has 2 aromatic heterocycles. The van der Waals surface area contributed by atoms with Crippen molar-refractivity contribution in [1.29, 1.82) is 0 Å². The maximum Gasteiger partial charge on any atom is 0.234 e. The van der Waals surface area contributed by atoms with Crippen LogP contribution < -0.4 is 10.2 Å². The van der Waals surface area contributed by atoms with Crippen molar-refractivity contribution in [3.05, 3.63) is 52.6 Å². The van der Waals surface area contributed by atoms with Gasteiger partial charge >= 0.3 is 0 Å². The average Bonchev–Trinajstić information content (AvgIpc) is 3.45. The number of halogens is 2. The van der Waals surface area contributed by atoms with Crippen LogP contribution in [0.2, 0.25) is 0 Å². The van der Waals surface area contributed by atoms with Crippen molar-refractivity contribution in [2.24, 2.45) is 0 Å². The molecule has 7 nitrogen and oxygen atoms in total. The Morgan fingerprint density at radius 2 is 2.10 bits per heavy atom. The second-order valence-electron chi connectivity index (χ2n) is 6.60. The van der Waals surface area contributed by atoms with Crippen molar-refractivity contribution >= 4 is 45.2 Å². The van der Waals surface area contributed by atoms with Crippen LogP contribution in [0, 0.1) is 5.82 Å². The van der Waals surface area contributed by atoms with Crippen LogP contribution in [0.1, 0.15) is 18.6 Å². The number of aromatic nitrogens is 3. The summed E-state index contributed by atoms with van der Waals surface area (Å²) in [6.45, 7) is 2.35. The van der Waals surface area contributed by atoms with Gasteiger partial charge in [0, 0.05) is 17.6 Å². The average molecular weight is 480 g/mol. The third-order valence-electron chi connectivity index (χ3n) is 4.52. The molecule has 0 bridgehead atoms. The van der Waals surface area contributed by atoms with Gasteiger partial charge in [0.15, 0.2) is 5.16 Å². The molecule has 3 aromatic rings. The number of carbonyl (C=O) groups is 1. The maximum atomic E-state index is 13.9. The van der Waals surface area contributed by atoms with Gasteiger partial charge in [-0.15, -0.1) is 10.2 Å². The van der Waals surface area contributed by atoms with Gasteiger partial charge in [0.25, 0.3) is 0 Å². The first-order chi connectivity index (χ1) is 14.1. The summed E-state index contributed by atoms with van der Waals surface area (Å²) in [6.07, 6.45) is 3.87. The number of benzene rings is 1. The van der Waals surface area contributed by atoms with Gasteiger partial charge in [-0.2, -0.15) is 0 Å². The van der Waals surface area contributed by atoms with Gasteiger partial charge < -0.3 is 14.6 Å². The van der Waals surface area contributed by atoms with Gasteiger partial charge in [0.2, 0.25) is 11.9 Å². The Balaban J connectivity index is 1.46. The molecule has 0 aliphatic carbocycles. The zero-order valence-corrected chi connectivity index (χ0v) is 17.9. The summed E-state index contributed by atoms with van der Waals surface area (Å²) in [5, 5.41) is 11.8. The molecule has 3 heterocycles. The molecule has 1 N–H and O–H groups in total. The lowest BCUT2D eigenvalue weighted by molar-refractivity contribution is -0.113. The fourth-order valence-corrected chi connectivity index (χ4v) is 4.21. The summed E-state index contributed by atoms with van der Waals surface area (Å²) >= 11 is 4.46. The number of carbonyl (C=O) groups excluding carboxylic acids is 1. The van der Waals surface area contributed by atoms with Gasteiger partial charge in [-0.3, -0.25) is 9.36 Å². The Kier molecular flexibility index (Phi) is 6.19. The lowest BCUT2D eigenvalue weighted by atomic mass is 10.3. The molecule has 4 rings (SSSR count). The van der Waals surface area contributed by atoms with Gasteiger partial charge in [-0.1, -0.05) is 27.7 Å². The number of hydrogen-bond donors (Lipinski definition) is 1. The molecule has 0 spiro atoms. The van der Waals surface area contributed by atoms with Crippen molar-refractivity contribution in [1.82, 2.24) is 14.8 Å². The minimum atomic E-state index is -0.491. The summed E-state index contributed by atoms with van der Waals surface area (Å²) in [5.41, 5.74) is 0.147. The summed E-state index contributed by atoms with van der Waals surface area (Å²) in [6, 6.07) is 8.24. The predicted octanol–water partition coefficient (Wildman–Crippen LogP) is 4.15. The molecule has 1 fully saturated rings. The van der Waals surface area contributed by atoms with E-state index in [4.69, 9.17) is 4.42 Å². The number of hydrogen-bond acceptors (Lipinski definition) is 6. The smallest absolute Gasteiger partial charge is 0.234 e. The maximum absolute atomic E-state index is 13.9. The molecular weight excluding hydrogens is 461 g/mol. The minimum Gasteiger partial charge on any atom is -0.467 e. The fraction of sp³-hybridized carbons (Fsp3) is 0.316. The Bertz CT molecular complexity index is 989. The van der Waals surface area contributed by atoms with Crippen LogP contribution in [-0.2, 0) is 11.3 Å². The molecule has 152 valence electrons. The third-order valence-corrected chi connectivity index (χ3v) is 5.98. The van der Waals surface area contributed by atoms with Crippen molar-refractivity contribution < 1.29 is 13.6 Å². The van der Waals surface area contributed by atoms with E-state index >= 15 is 0 Å². The van der Waals surface area contributed by atoms with E-state index in [-0.39, 0.29) is 17.3 Å². The van der Waals surface area contributed by atoms with Crippen LogP contribution in [0.3, 0.4) is 0 Å². The van der Waals surface area contributed by atoms with E-state index < -0.39 is 5.82 Å². The molecule has 29 heavy (non-hydrogen) atoms.